The van der Waals surface area contributed by atoms with E-state index in [1.54, 1.807) is 7.11 Å². The number of carbonyl (C=O) groups is 1. The van der Waals surface area contributed by atoms with Gasteiger partial charge in [0.1, 0.15) is 11.5 Å². The molecule has 0 saturated heterocycles. The highest BCUT2D eigenvalue weighted by Crippen LogP contribution is 2.24. The van der Waals surface area contributed by atoms with E-state index in [9.17, 15) is 4.79 Å². The van der Waals surface area contributed by atoms with Gasteiger partial charge in [-0.25, -0.2) is 5.43 Å². The Kier molecular flexibility index (Phi) is 5.49. The summed E-state index contributed by atoms with van der Waals surface area (Å²) in [6.07, 6.45) is 0. The molecule has 0 atom stereocenters. The first kappa shape index (κ1) is 17.5. The SMILES string of the molecule is COc1ccc(/C(C)=N/NC(=O)COc2cccc3ccccc23)cc1. The monoisotopic (exact) mass is 348 g/mol. The van der Waals surface area contributed by atoms with Crippen LogP contribution in [0.1, 0.15) is 12.5 Å². The van der Waals surface area contributed by atoms with Gasteiger partial charge in [0.25, 0.3) is 5.91 Å². The van der Waals surface area contributed by atoms with Crippen molar-refractivity contribution in [2.24, 2.45) is 5.10 Å². The van der Waals surface area contributed by atoms with Gasteiger partial charge in [-0.1, -0.05) is 36.4 Å². The van der Waals surface area contributed by atoms with Crippen molar-refractivity contribution in [1.82, 2.24) is 5.43 Å². The van der Waals surface area contributed by atoms with Gasteiger partial charge >= 0.3 is 0 Å². The maximum atomic E-state index is 12.0. The number of hydrazone groups is 1. The third-order valence-electron chi connectivity index (χ3n) is 3.96. The number of nitrogens with one attached hydrogen (secondary N) is 1. The lowest BCUT2D eigenvalue weighted by molar-refractivity contribution is -0.123. The molecule has 0 radical (unpaired) electrons. The summed E-state index contributed by atoms with van der Waals surface area (Å²) in [7, 11) is 1.62. The summed E-state index contributed by atoms with van der Waals surface area (Å²) in [4.78, 5) is 12.0. The van der Waals surface area contributed by atoms with Crippen LogP contribution >= 0.6 is 0 Å². The number of methoxy groups -OCH3 is 1. The maximum Gasteiger partial charge on any atom is 0.277 e. The van der Waals surface area contributed by atoms with Crippen LogP contribution in [0.15, 0.2) is 71.8 Å². The van der Waals surface area contributed by atoms with E-state index in [1.807, 2.05) is 73.7 Å². The van der Waals surface area contributed by atoms with Crippen molar-refractivity contribution in [3.8, 4) is 11.5 Å². The quantitative estimate of drug-likeness (QED) is 0.545. The van der Waals surface area contributed by atoms with Crippen molar-refractivity contribution < 1.29 is 14.3 Å². The zero-order valence-corrected chi connectivity index (χ0v) is 14.7. The fourth-order valence-electron chi connectivity index (χ4n) is 2.54. The van der Waals surface area contributed by atoms with Crippen molar-refractivity contribution in [2.45, 2.75) is 6.92 Å². The Balaban J connectivity index is 1.59. The molecule has 0 heterocycles. The first-order chi connectivity index (χ1) is 12.7. The fourth-order valence-corrected chi connectivity index (χ4v) is 2.54. The Hall–Kier alpha value is -3.34. The molecule has 26 heavy (non-hydrogen) atoms. The number of ether oxygens (including phenoxy) is 2. The molecule has 132 valence electrons. The highest BCUT2D eigenvalue weighted by atomic mass is 16.5. The van der Waals surface area contributed by atoms with E-state index in [-0.39, 0.29) is 12.5 Å². The van der Waals surface area contributed by atoms with Crippen LogP contribution in [0.4, 0.5) is 0 Å². The van der Waals surface area contributed by atoms with Gasteiger partial charge in [0.2, 0.25) is 0 Å². The van der Waals surface area contributed by atoms with Gasteiger partial charge in [-0.15, -0.1) is 0 Å². The number of hydrogen-bond donors (Lipinski definition) is 1. The molecule has 3 aromatic rings. The minimum Gasteiger partial charge on any atom is -0.497 e. The molecule has 5 heteroatoms. The Labute approximate surface area is 152 Å². The minimum absolute atomic E-state index is 0.104. The Bertz CT molecular complexity index is 928. The number of hydrogen-bond acceptors (Lipinski definition) is 4. The molecule has 0 aliphatic carbocycles. The van der Waals surface area contributed by atoms with E-state index in [2.05, 4.69) is 10.5 Å². The van der Waals surface area contributed by atoms with Crippen molar-refractivity contribution in [3.05, 3.63) is 72.3 Å². The number of benzene rings is 3. The van der Waals surface area contributed by atoms with Gasteiger partial charge in [0.05, 0.1) is 12.8 Å². The molecule has 0 spiro atoms. The molecule has 0 aliphatic heterocycles. The Morgan fingerprint density at radius 3 is 2.50 bits per heavy atom. The van der Waals surface area contributed by atoms with Crippen molar-refractivity contribution in [1.29, 1.82) is 0 Å². The molecule has 0 aliphatic rings. The molecule has 0 aromatic heterocycles. The van der Waals surface area contributed by atoms with E-state index in [4.69, 9.17) is 9.47 Å². The van der Waals surface area contributed by atoms with E-state index in [0.29, 0.717) is 11.5 Å². The first-order valence-electron chi connectivity index (χ1n) is 8.25. The van der Waals surface area contributed by atoms with E-state index >= 15 is 0 Å². The molecule has 0 fully saturated rings. The molecule has 1 amide bonds. The predicted octanol–water partition coefficient (Wildman–Crippen LogP) is 3.77. The van der Waals surface area contributed by atoms with Crippen LogP contribution < -0.4 is 14.9 Å². The maximum absolute atomic E-state index is 12.0. The summed E-state index contributed by atoms with van der Waals surface area (Å²) >= 11 is 0. The van der Waals surface area contributed by atoms with Crippen LogP contribution in [0.25, 0.3) is 10.8 Å². The fraction of sp³-hybridized carbons (Fsp3) is 0.143. The van der Waals surface area contributed by atoms with Crippen LogP contribution in [0.3, 0.4) is 0 Å². The van der Waals surface area contributed by atoms with Gasteiger partial charge in [0.15, 0.2) is 6.61 Å². The lowest BCUT2D eigenvalue weighted by Crippen LogP contribution is -2.25. The topological polar surface area (TPSA) is 59.9 Å². The van der Waals surface area contributed by atoms with Crippen LogP contribution in [0, 0.1) is 0 Å². The zero-order chi connectivity index (χ0) is 18.4. The predicted molar refractivity (Wildman–Crippen MR) is 103 cm³/mol. The van der Waals surface area contributed by atoms with Crippen molar-refractivity contribution in [3.63, 3.8) is 0 Å². The summed E-state index contributed by atoms with van der Waals surface area (Å²) in [6, 6.07) is 21.1. The second-order valence-corrected chi connectivity index (χ2v) is 5.73. The standard InChI is InChI=1S/C21H20N2O3/c1-15(16-10-12-18(25-2)13-11-16)22-23-21(24)14-26-20-9-5-7-17-6-3-4-8-19(17)20/h3-13H,14H2,1-2H3,(H,23,24)/b22-15+. The van der Waals surface area contributed by atoms with Gasteiger partial charge in [0, 0.05) is 5.39 Å². The molecule has 5 nitrogen and oxygen atoms in total. The highest BCUT2D eigenvalue weighted by Gasteiger charge is 2.06. The van der Waals surface area contributed by atoms with Crippen molar-refractivity contribution in [2.75, 3.05) is 13.7 Å². The first-order valence-corrected chi connectivity index (χ1v) is 8.25. The van der Waals surface area contributed by atoms with E-state index in [0.717, 1.165) is 22.1 Å². The number of rotatable bonds is 6. The normalized spacial score (nSPS) is 11.2. The van der Waals surface area contributed by atoms with E-state index in [1.165, 1.54) is 0 Å². The third kappa shape index (κ3) is 4.19. The lowest BCUT2D eigenvalue weighted by atomic mass is 10.1. The molecule has 0 saturated carbocycles. The van der Waals surface area contributed by atoms with Crippen LogP contribution in [-0.2, 0) is 4.79 Å². The van der Waals surface area contributed by atoms with Gasteiger partial charge in [-0.3, -0.25) is 4.79 Å². The highest BCUT2D eigenvalue weighted by molar-refractivity contribution is 5.99. The summed E-state index contributed by atoms with van der Waals surface area (Å²) in [5, 5.41) is 6.16. The Morgan fingerprint density at radius 1 is 1.00 bits per heavy atom. The summed E-state index contributed by atoms with van der Waals surface area (Å²) in [5.41, 5.74) is 4.12. The van der Waals surface area contributed by atoms with Gasteiger partial charge in [-0.2, -0.15) is 5.10 Å². The molecular formula is C21H20N2O3. The molecule has 0 bridgehead atoms. The summed E-state index contributed by atoms with van der Waals surface area (Å²) < 4.78 is 10.8. The van der Waals surface area contributed by atoms with Crippen LogP contribution in [-0.4, -0.2) is 25.3 Å². The number of carbonyl (C=O) groups excluding carboxylic acids is 1. The second-order valence-electron chi connectivity index (χ2n) is 5.73. The van der Waals surface area contributed by atoms with Gasteiger partial charge in [-0.05, 0) is 48.2 Å². The number of fused-ring (bicyclic) bond motifs is 1. The Morgan fingerprint density at radius 2 is 1.73 bits per heavy atom. The van der Waals surface area contributed by atoms with Crippen LogP contribution in [0.5, 0.6) is 11.5 Å². The van der Waals surface area contributed by atoms with Crippen LogP contribution in [0.2, 0.25) is 0 Å². The lowest BCUT2D eigenvalue weighted by Gasteiger charge is -2.09. The smallest absolute Gasteiger partial charge is 0.277 e. The van der Waals surface area contributed by atoms with E-state index < -0.39 is 0 Å². The summed E-state index contributed by atoms with van der Waals surface area (Å²) in [6.45, 7) is 1.72. The molecule has 3 rings (SSSR count). The molecule has 1 N–H and O–H groups in total. The van der Waals surface area contributed by atoms with Gasteiger partial charge < -0.3 is 9.47 Å². The zero-order valence-electron chi connectivity index (χ0n) is 14.7. The largest absolute Gasteiger partial charge is 0.497 e. The minimum atomic E-state index is -0.314. The molecular weight excluding hydrogens is 328 g/mol. The average Bonchev–Trinajstić information content (AvgIpc) is 2.70. The summed E-state index contributed by atoms with van der Waals surface area (Å²) in [5.74, 6) is 1.13. The van der Waals surface area contributed by atoms with Crippen molar-refractivity contribution >= 4 is 22.4 Å². The molecule has 3 aromatic carbocycles. The number of amides is 1. The number of nitrogens with zero attached hydrogens (tertiary/aromatic N) is 1. The molecule has 0 unspecified atom stereocenters. The second kappa shape index (κ2) is 8.16. The average molecular weight is 348 g/mol. The third-order valence-corrected chi connectivity index (χ3v) is 3.96.